The highest BCUT2D eigenvalue weighted by Crippen LogP contribution is 2.23. The number of rotatable bonds is 7. The molecule has 2 aromatic heterocycles. The molecule has 0 saturated carbocycles. The van der Waals surface area contributed by atoms with Crippen molar-refractivity contribution in [2.24, 2.45) is 5.92 Å². The second kappa shape index (κ2) is 9.94. The van der Waals surface area contributed by atoms with Crippen LogP contribution in [-0.4, -0.2) is 45.6 Å². The summed E-state index contributed by atoms with van der Waals surface area (Å²) in [4.78, 5) is 11.4. The van der Waals surface area contributed by atoms with Gasteiger partial charge in [-0.25, -0.2) is 4.98 Å². The summed E-state index contributed by atoms with van der Waals surface area (Å²) in [5, 5.41) is 0. The molecule has 2 aromatic carbocycles. The molecule has 3 heterocycles. The molecule has 1 aliphatic heterocycles. The molecule has 6 heteroatoms. The molecule has 0 radical (unpaired) electrons. The van der Waals surface area contributed by atoms with Gasteiger partial charge in [0.05, 0.1) is 25.1 Å². The van der Waals surface area contributed by atoms with Crippen LogP contribution in [0.4, 0.5) is 0 Å². The van der Waals surface area contributed by atoms with Crippen LogP contribution in [0.3, 0.4) is 0 Å². The highest BCUT2D eigenvalue weighted by molar-refractivity contribution is 5.35. The van der Waals surface area contributed by atoms with Crippen molar-refractivity contribution in [3.63, 3.8) is 0 Å². The third kappa shape index (κ3) is 5.15. The van der Waals surface area contributed by atoms with Crippen LogP contribution in [0.5, 0.6) is 5.75 Å². The first-order chi connectivity index (χ1) is 15.8. The zero-order chi connectivity index (χ0) is 21.6. The van der Waals surface area contributed by atoms with Gasteiger partial charge in [0.1, 0.15) is 12.4 Å². The molecule has 1 fully saturated rings. The minimum Gasteiger partial charge on any atom is -0.489 e. The van der Waals surface area contributed by atoms with Crippen molar-refractivity contribution in [3.8, 4) is 5.75 Å². The van der Waals surface area contributed by atoms with E-state index in [1.54, 1.807) is 6.20 Å². The Balaban J connectivity index is 1.24. The lowest BCUT2D eigenvalue weighted by atomic mass is 10.0. The predicted octanol–water partition coefficient (Wildman–Crippen LogP) is 4.00. The van der Waals surface area contributed by atoms with Crippen LogP contribution in [0, 0.1) is 5.92 Å². The standard InChI is InChI=1S/C26H28N4O2/c1-2-6-21(7-3-1)20-32-25-9-5-4-8-23(25)17-29-12-13-31-19-22(16-29)14-24-18-30-11-10-27-26(30)15-28-24/h1-11,15,18,22H,12-14,16-17,19-20H2. The molecule has 0 bridgehead atoms. The number of nitrogens with zero attached hydrogens (tertiary/aromatic N) is 4. The molecule has 1 aliphatic rings. The number of ether oxygens (including phenoxy) is 2. The number of imidazole rings is 1. The van der Waals surface area contributed by atoms with Gasteiger partial charge in [-0.1, -0.05) is 48.5 Å². The third-order valence-corrected chi connectivity index (χ3v) is 5.86. The topological polar surface area (TPSA) is 51.9 Å². The summed E-state index contributed by atoms with van der Waals surface area (Å²) in [6, 6.07) is 18.6. The fourth-order valence-corrected chi connectivity index (χ4v) is 4.24. The summed E-state index contributed by atoms with van der Waals surface area (Å²) in [5.74, 6) is 1.34. The van der Waals surface area contributed by atoms with Crippen LogP contribution >= 0.6 is 0 Å². The van der Waals surface area contributed by atoms with E-state index in [1.165, 1.54) is 11.1 Å². The Hall–Kier alpha value is -3.22. The zero-order valence-corrected chi connectivity index (χ0v) is 18.1. The number of para-hydroxylation sites is 1. The lowest BCUT2D eigenvalue weighted by Crippen LogP contribution is -2.30. The number of benzene rings is 2. The molecule has 0 spiro atoms. The van der Waals surface area contributed by atoms with E-state index in [4.69, 9.17) is 9.47 Å². The summed E-state index contributed by atoms with van der Waals surface area (Å²) >= 11 is 0. The van der Waals surface area contributed by atoms with Crippen LogP contribution in [0.1, 0.15) is 16.8 Å². The van der Waals surface area contributed by atoms with E-state index < -0.39 is 0 Å². The summed E-state index contributed by atoms with van der Waals surface area (Å²) in [5.41, 5.74) is 4.33. The fourth-order valence-electron chi connectivity index (χ4n) is 4.24. The number of fused-ring (bicyclic) bond motifs is 1. The third-order valence-electron chi connectivity index (χ3n) is 5.86. The molecule has 164 valence electrons. The average Bonchev–Trinajstić information content (AvgIpc) is 3.19. The average molecular weight is 429 g/mol. The van der Waals surface area contributed by atoms with Gasteiger partial charge in [0.25, 0.3) is 0 Å². The monoisotopic (exact) mass is 428 g/mol. The number of aromatic nitrogens is 3. The van der Waals surface area contributed by atoms with Gasteiger partial charge in [-0.05, 0) is 18.1 Å². The molecule has 5 rings (SSSR count). The van der Waals surface area contributed by atoms with Crippen LogP contribution in [-0.2, 0) is 24.3 Å². The van der Waals surface area contributed by atoms with E-state index in [1.807, 2.05) is 41.1 Å². The first kappa shape index (κ1) is 20.7. The molecule has 1 saturated heterocycles. The Morgan fingerprint density at radius 3 is 2.84 bits per heavy atom. The first-order valence-electron chi connectivity index (χ1n) is 11.2. The second-order valence-corrected chi connectivity index (χ2v) is 8.33. The Labute approximate surface area is 188 Å². The largest absolute Gasteiger partial charge is 0.489 e. The molecule has 0 aliphatic carbocycles. The lowest BCUT2D eigenvalue weighted by Gasteiger charge is -2.24. The predicted molar refractivity (Wildman–Crippen MR) is 123 cm³/mol. The second-order valence-electron chi connectivity index (χ2n) is 8.33. The van der Waals surface area contributed by atoms with E-state index in [0.29, 0.717) is 12.5 Å². The van der Waals surface area contributed by atoms with Gasteiger partial charge in [0.2, 0.25) is 0 Å². The van der Waals surface area contributed by atoms with Crippen molar-refractivity contribution in [2.45, 2.75) is 19.6 Å². The van der Waals surface area contributed by atoms with E-state index in [2.05, 4.69) is 51.4 Å². The van der Waals surface area contributed by atoms with Crippen LogP contribution in [0.2, 0.25) is 0 Å². The maximum atomic E-state index is 6.18. The van der Waals surface area contributed by atoms with Gasteiger partial charge in [0, 0.05) is 49.7 Å². The molecule has 1 unspecified atom stereocenters. The zero-order valence-electron chi connectivity index (χ0n) is 18.1. The molecule has 4 aromatic rings. The summed E-state index contributed by atoms with van der Waals surface area (Å²) in [6.45, 7) is 4.81. The van der Waals surface area contributed by atoms with Gasteiger partial charge in [-0.15, -0.1) is 0 Å². The molecular formula is C26H28N4O2. The molecule has 1 atom stereocenters. The molecule has 32 heavy (non-hydrogen) atoms. The fraction of sp³-hybridized carbons (Fsp3) is 0.308. The lowest BCUT2D eigenvalue weighted by molar-refractivity contribution is 0.121. The van der Waals surface area contributed by atoms with Crippen molar-refractivity contribution >= 4 is 5.65 Å². The number of hydrogen-bond donors (Lipinski definition) is 0. The number of hydrogen-bond acceptors (Lipinski definition) is 5. The Bertz CT molecular complexity index is 1140. The first-order valence-corrected chi connectivity index (χ1v) is 11.2. The van der Waals surface area contributed by atoms with Crippen LogP contribution in [0.15, 0.2) is 79.4 Å². The Morgan fingerprint density at radius 2 is 1.91 bits per heavy atom. The van der Waals surface area contributed by atoms with Crippen molar-refractivity contribution in [2.75, 3.05) is 26.3 Å². The van der Waals surface area contributed by atoms with Gasteiger partial charge in [-0.3, -0.25) is 9.88 Å². The van der Waals surface area contributed by atoms with Crippen molar-refractivity contribution in [1.29, 1.82) is 0 Å². The Morgan fingerprint density at radius 1 is 1.03 bits per heavy atom. The van der Waals surface area contributed by atoms with Crippen LogP contribution < -0.4 is 4.74 Å². The van der Waals surface area contributed by atoms with E-state index in [-0.39, 0.29) is 0 Å². The summed E-state index contributed by atoms with van der Waals surface area (Å²) in [7, 11) is 0. The maximum absolute atomic E-state index is 6.18. The SMILES string of the molecule is c1ccc(COc2ccccc2CN2CCOCC(Cc3cn4ccnc4cn3)C2)cc1. The molecular weight excluding hydrogens is 400 g/mol. The van der Waals surface area contributed by atoms with Crippen molar-refractivity contribution in [3.05, 3.63) is 96.2 Å². The van der Waals surface area contributed by atoms with Gasteiger partial charge in [0.15, 0.2) is 5.65 Å². The van der Waals surface area contributed by atoms with Crippen LogP contribution in [0.25, 0.3) is 5.65 Å². The van der Waals surface area contributed by atoms with Gasteiger partial charge >= 0.3 is 0 Å². The normalized spacial score (nSPS) is 17.3. The van der Waals surface area contributed by atoms with Crippen molar-refractivity contribution in [1.82, 2.24) is 19.3 Å². The molecule has 0 N–H and O–H groups in total. The quantitative estimate of drug-likeness (QED) is 0.445. The summed E-state index contributed by atoms with van der Waals surface area (Å²) in [6.07, 6.45) is 8.56. The highest BCUT2D eigenvalue weighted by atomic mass is 16.5. The van der Waals surface area contributed by atoms with Crippen molar-refractivity contribution < 1.29 is 9.47 Å². The van der Waals surface area contributed by atoms with E-state index in [9.17, 15) is 0 Å². The van der Waals surface area contributed by atoms with E-state index >= 15 is 0 Å². The van der Waals surface area contributed by atoms with E-state index in [0.717, 1.165) is 56.4 Å². The summed E-state index contributed by atoms with van der Waals surface area (Å²) < 4.78 is 14.1. The van der Waals surface area contributed by atoms with Gasteiger partial charge in [-0.2, -0.15) is 0 Å². The molecule has 0 amide bonds. The maximum Gasteiger partial charge on any atom is 0.155 e. The minimum absolute atomic E-state index is 0.392. The molecule has 6 nitrogen and oxygen atoms in total. The Kier molecular flexibility index (Phi) is 6.42. The smallest absolute Gasteiger partial charge is 0.155 e. The minimum atomic E-state index is 0.392. The highest BCUT2D eigenvalue weighted by Gasteiger charge is 2.21. The van der Waals surface area contributed by atoms with Gasteiger partial charge < -0.3 is 13.9 Å².